The number of halogens is 5. The Morgan fingerprint density at radius 1 is 1.00 bits per heavy atom. The normalized spacial score (nSPS) is 14.3. The zero-order valence-electron chi connectivity index (χ0n) is 23.2. The molecule has 1 atom stereocenters. The van der Waals surface area contributed by atoms with Gasteiger partial charge < -0.3 is 5.11 Å². The first-order valence-corrected chi connectivity index (χ1v) is 12.7. The van der Waals surface area contributed by atoms with Crippen molar-refractivity contribution >= 4 is 17.1 Å². The summed E-state index contributed by atoms with van der Waals surface area (Å²) < 4.78 is 66.5. The maximum absolute atomic E-state index is 13.5. The maximum Gasteiger partial charge on any atom is 0.418 e. The van der Waals surface area contributed by atoms with Crippen LogP contribution in [0.15, 0.2) is 82.7 Å². The summed E-state index contributed by atoms with van der Waals surface area (Å²) in [5.41, 5.74) is -0.374. The Hall–Kier alpha value is -3.55. The van der Waals surface area contributed by atoms with Gasteiger partial charge in [0.15, 0.2) is 5.78 Å². The minimum Gasteiger partial charge on any atom is -0.510 e. The molecular weight excluding hydrogens is 513 g/mol. The maximum atomic E-state index is 13.5. The number of alkyl halides is 3. The molecule has 0 aliphatic carbocycles. The van der Waals surface area contributed by atoms with Crippen molar-refractivity contribution in [1.29, 1.82) is 0 Å². The van der Waals surface area contributed by atoms with Gasteiger partial charge >= 0.3 is 6.18 Å². The summed E-state index contributed by atoms with van der Waals surface area (Å²) in [5.74, 6) is -1.26. The summed E-state index contributed by atoms with van der Waals surface area (Å²) in [6.07, 6.45) is 1.00. The van der Waals surface area contributed by atoms with Crippen LogP contribution in [0.3, 0.4) is 0 Å². The molecule has 2 aromatic rings. The third-order valence-corrected chi connectivity index (χ3v) is 5.89. The summed E-state index contributed by atoms with van der Waals surface area (Å²) in [6, 6.07) is 12.1. The van der Waals surface area contributed by atoms with E-state index in [9.17, 15) is 31.9 Å². The topological polar surface area (TPSA) is 49.7 Å². The Morgan fingerprint density at radius 3 is 2.05 bits per heavy atom. The lowest BCUT2D eigenvalue weighted by atomic mass is 9.92. The van der Waals surface area contributed by atoms with Crippen molar-refractivity contribution in [2.45, 2.75) is 72.9 Å². The SMILES string of the molecule is CCCC(CC)c1ccc(F)cc1.C\C=C(/C=C(\C(C)=N\C(C(C)=O)=C(/C)O)C(F)(F)F)c1cccc(F)c1. The van der Waals surface area contributed by atoms with E-state index in [1.807, 2.05) is 12.1 Å². The monoisotopic (exact) mass is 549 g/mol. The number of carbonyl (C=O) groups excluding carboxylic acids is 1. The van der Waals surface area contributed by atoms with Gasteiger partial charge in [-0.1, -0.05) is 50.6 Å². The molecule has 3 nitrogen and oxygen atoms in total. The number of aliphatic hydroxyl groups excluding tert-OH is 1. The highest BCUT2D eigenvalue weighted by atomic mass is 19.4. The molecule has 0 aliphatic rings. The van der Waals surface area contributed by atoms with E-state index in [1.165, 1.54) is 49.6 Å². The highest BCUT2D eigenvalue weighted by Gasteiger charge is 2.36. The van der Waals surface area contributed by atoms with Gasteiger partial charge in [0.2, 0.25) is 0 Å². The van der Waals surface area contributed by atoms with E-state index in [4.69, 9.17) is 0 Å². The molecule has 0 amide bonds. The Bertz CT molecular complexity index is 1220. The minimum atomic E-state index is -4.76. The first kappa shape index (κ1) is 33.5. The van der Waals surface area contributed by atoms with Gasteiger partial charge in [-0.15, -0.1) is 0 Å². The molecule has 0 heterocycles. The second kappa shape index (κ2) is 15.8. The highest BCUT2D eigenvalue weighted by Crippen LogP contribution is 2.31. The summed E-state index contributed by atoms with van der Waals surface area (Å²) in [6.45, 7) is 9.23. The van der Waals surface area contributed by atoms with Crippen LogP contribution in [-0.4, -0.2) is 22.8 Å². The van der Waals surface area contributed by atoms with Crippen LogP contribution in [0.4, 0.5) is 22.0 Å². The summed E-state index contributed by atoms with van der Waals surface area (Å²) in [7, 11) is 0. The molecule has 1 unspecified atom stereocenters. The average Bonchev–Trinajstić information content (AvgIpc) is 2.86. The summed E-state index contributed by atoms with van der Waals surface area (Å²) in [5, 5.41) is 9.45. The Morgan fingerprint density at radius 2 is 1.62 bits per heavy atom. The van der Waals surface area contributed by atoms with E-state index < -0.39 is 40.5 Å². The van der Waals surface area contributed by atoms with Crippen LogP contribution in [0, 0.1) is 11.6 Å². The lowest BCUT2D eigenvalue weighted by Gasteiger charge is -2.14. The van der Waals surface area contributed by atoms with Crippen LogP contribution in [0.25, 0.3) is 5.57 Å². The second-order valence-corrected chi connectivity index (χ2v) is 8.94. The molecule has 2 aromatic carbocycles. The van der Waals surface area contributed by atoms with E-state index in [-0.39, 0.29) is 17.0 Å². The molecule has 8 heteroatoms. The zero-order chi connectivity index (χ0) is 29.8. The van der Waals surface area contributed by atoms with Crippen molar-refractivity contribution in [2.75, 3.05) is 0 Å². The first-order valence-electron chi connectivity index (χ1n) is 12.7. The Balaban J connectivity index is 0.000000487. The average molecular weight is 550 g/mol. The van der Waals surface area contributed by atoms with Crippen molar-refractivity contribution in [3.63, 3.8) is 0 Å². The number of benzene rings is 2. The molecule has 1 N–H and O–H groups in total. The number of aliphatic imine (C=N–C) groups is 1. The Labute approximate surface area is 227 Å². The lowest BCUT2D eigenvalue weighted by Crippen LogP contribution is -2.19. The molecule has 0 aliphatic heterocycles. The van der Waals surface area contributed by atoms with Crippen LogP contribution < -0.4 is 0 Å². The number of Topliss-reactive ketones (excluding diaryl/α,β-unsaturated/α-hetero) is 1. The molecule has 0 radical (unpaired) electrons. The van der Waals surface area contributed by atoms with E-state index in [2.05, 4.69) is 18.8 Å². The number of hydrogen-bond donors (Lipinski definition) is 1. The van der Waals surface area contributed by atoms with Gasteiger partial charge in [-0.25, -0.2) is 13.8 Å². The van der Waals surface area contributed by atoms with Crippen molar-refractivity contribution < 1.29 is 31.9 Å². The largest absolute Gasteiger partial charge is 0.510 e. The van der Waals surface area contributed by atoms with Crippen LogP contribution in [-0.2, 0) is 4.79 Å². The van der Waals surface area contributed by atoms with Crippen molar-refractivity contribution in [3.05, 3.63) is 100 Å². The third-order valence-electron chi connectivity index (χ3n) is 5.89. The van der Waals surface area contributed by atoms with Crippen molar-refractivity contribution in [3.8, 4) is 0 Å². The molecule has 212 valence electrons. The number of rotatable bonds is 9. The number of aliphatic hydroxyl groups is 1. The summed E-state index contributed by atoms with van der Waals surface area (Å²) in [4.78, 5) is 15.1. The second-order valence-electron chi connectivity index (χ2n) is 8.94. The van der Waals surface area contributed by atoms with Crippen molar-refractivity contribution in [1.82, 2.24) is 0 Å². The minimum absolute atomic E-state index is 0.139. The molecule has 0 saturated carbocycles. The highest BCUT2D eigenvalue weighted by molar-refractivity contribution is 6.05. The van der Waals surface area contributed by atoms with E-state index >= 15 is 0 Å². The molecule has 0 bridgehead atoms. The lowest BCUT2D eigenvalue weighted by molar-refractivity contribution is -0.113. The number of carbonyl (C=O) groups is 1. The summed E-state index contributed by atoms with van der Waals surface area (Å²) >= 11 is 0. The number of hydrogen-bond acceptors (Lipinski definition) is 3. The fraction of sp³-hybridized carbons (Fsp3) is 0.355. The molecular formula is C31H36F5NO2. The van der Waals surface area contributed by atoms with Gasteiger partial charge in [-0.05, 0) is 86.6 Å². The van der Waals surface area contributed by atoms with E-state index in [0.29, 0.717) is 5.92 Å². The standard InChI is InChI=1S/C19H19F4NO2.C12H17F/c1-5-14(15-7-6-8-16(20)9-15)10-17(19(21,22)23)11(2)24-18(12(3)25)13(4)26;1-3-5-10(4-2)11-6-8-12(13)9-7-11/h5-10,25H,1-4H3;6-10H,3-5H2,1-2H3/b14-5+,17-10+,18-12+,24-11+;. The smallest absolute Gasteiger partial charge is 0.418 e. The molecule has 0 spiro atoms. The van der Waals surface area contributed by atoms with Gasteiger partial charge in [-0.2, -0.15) is 13.2 Å². The molecule has 2 rings (SSSR count). The third kappa shape index (κ3) is 11.0. The number of ketones is 1. The predicted molar refractivity (Wildman–Crippen MR) is 148 cm³/mol. The quantitative estimate of drug-likeness (QED) is 0.111. The van der Waals surface area contributed by atoms with Gasteiger partial charge in [-0.3, -0.25) is 4.79 Å². The molecule has 0 fully saturated rings. The van der Waals surface area contributed by atoms with Crippen LogP contribution in [0.5, 0.6) is 0 Å². The van der Waals surface area contributed by atoms with Gasteiger partial charge in [0.1, 0.15) is 23.1 Å². The fourth-order valence-electron chi connectivity index (χ4n) is 3.88. The van der Waals surface area contributed by atoms with E-state index in [0.717, 1.165) is 39.3 Å². The molecule has 39 heavy (non-hydrogen) atoms. The van der Waals surface area contributed by atoms with Gasteiger partial charge in [0, 0.05) is 6.92 Å². The van der Waals surface area contributed by atoms with Crippen LogP contribution in [0.2, 0.25) is 0 Å². The van der Waals surface area contributed by atoms with Crippen LogP contribution >= 0.6 is 0 Å². The number of allylic oxidation sites excluding steroid dienone is 6. The Kier molecular flexibility index (Phi) is 13.5. The first-order chi connectivity index (χ1) is 18.2. The number of nitrogens with zero attached hydrogens (tertiary/aromatic N) is 1. The molecule has 0 aromatic heterocycles. The predicted octanol–water partition coefficient (Wildman–Crippen LogP) is 9.68. The fourth-order valence-corrected chi connectivity index (χ4v) is 3.88. The molecule has 0 saturated heterocycles. The van der Waals surface area contributed by atoms with E-state index in [1.54, 1.807) is 12.1 Å². The van der Waals surface area contributed by atoms with Gasteiger partial charge in [0.05, 0.1) is 11.3 Å². The van der Waals surface area contributed by atoms with Gasteiger partial charge in [0.25, 0.3) is 0 Å². The van der Waals surface area contributed by atoms with Crippen molar-refractivity contribution in [2.24, 2.45) is 4.99 Å². The van der Waals surface area contributed by atoms with Crippen LogP contribution in [0.1, 0.15) is 77.8 Å². The zero-order valence-corrected chi connectivity index (χ0v) is 23.2.